The van der Waals surface area contributed by atoms with E-state index in [1.54, 1.807) is 25.3 Å². The Morgan fingerprint density at radius 3 is 2.91 bits per heavy atom. The maximum atomic E-state index is 11.9. The number of furan rings is 1. The molecule has 0 aliphatic rings. The predicted molar refractivity (Wildman–Crippen MR) is 85.4 cm³/mol. The van der Waals surface area contributed by atoms with Crippen LogP contribution in [0.1, 0.15) is 16.1 Å². The Balaban J connectivity index is 1.94. The Hall–Kier alpha value is -2.59. The third-order valence-corrected chi connectivity index (χ3v) is 3.49. The lowest BCUT2D eigenvalue weighted by molar-refractivity contribution is 0.102. The molecule has 0 amide bonds. The van der Waals surface area contributed by atoms with E-state index in [0.717, 1.165) is 10.9 Å². The highest BCUT2D eigenvalue weighted by Gasteiger charge is 2.07. The Labute approximate surface area is 132 Å². The zero-order valence-electron chi connectivity index (χ0n) is 11.7. The lowest BCUT2D eigenvalue weighted by Crippen LogP contribution is -1.91. The lowest BCUT2D eigenvalue weighted by Gasteiger charge is -2.04. The Kier molecular flexibility index (Phi) is 3.94. The number of methoxy groups -OCH3 is 1. The SMILES string of the molecule is COc1ccc2cc(C=CC(=O)c3ccco3)c(Cl)nc2c1. The molecule has 0 unspecified atom stereocenters. The van der Waals surface area contributed by atoms with Crippen LogP contribution >= 0.6 is 11.6 Å². The van der Waals surface area contributed by atoms with Gasteiger partial charge in [-0.15, -0.1) is 0 Å². The van der Waals surface area contributed by atoms with E-state index in [4.69, 9.17) is 20.8 Å². The first-order chi connectivity index (χ1) is 10.7. The number of carbonyl (C=O) groups is 1. The van der Waals surface area contributed by atoms with Crippen LogP contribution in [0.2, 0.25) is 5.15 Å². The Bertz CT molecular complexity index is 854. The van der Waals surface area contributed by atoms with Crippen molar-refractivity contribution in [3.05, 3.63) is 65.2 Å². The van der Waals surface area contributed by atoms with Gasteiger partial charge >= 0.3 is 0 Å². The first-order valence-electron chi connectivity index (χ1n) is 6.57. The average molecular weight is 314 g/mol. The summed E-state index contributed by atoms with van der Waals surface area (Å²) in [6.07, 6.45) is 4.50. The van der Waals surface area contributed by atoms with Gasteiger partial charge < -0.3 is 9.15 Å². The van der Waals surface area contributed by atoms with Gasteiger partial charge in [-0.2, -0.15) is 0 Å². The van der Waals surface area contributed by atoms with Gasteiger partial charge in [0, 0.05) is 17.0 Å². The van der Waals surface area contributed by atoms with Crippen LogP contribution in [0.15, 0.2) is 53.2 Å². The van der Waals surface area contributed by atoms with Gasteiger partial charge in [0.15, 0.2) is 5.76 Å². The largest absolute Gasteiger partial charge is 0.497 e. The number of ketones is 1. The van der Waals surface area contributed by atoms with Crippen molar-refractivity contribution in [3.8, 4) is 5.75 Å². The van der Waals surface area contributed by atoms with E-state index in [1.807, 2.05) is 24.3 Å². The molecule has 0 fully saturated rings. The van der Waals surface area contributed by atoms with Crippen molar-refractivity contribution in [1.29, 1.82) is 0 Å². The highest BCUT2D eigenvalue weighted by atomic mass is 35.5. The monoisotopic (exact) mass is 313 g/mol. The van der Waals surface area contributed by atoms with Crippen molar-refractivity contribution >= 4 is 34.4 Å². The molecule has 0 aliphatic heterocycles. The number of fused-ring (bicyclic) bond motifs is 1. The van der Waals surface area contributed by atoms with E-state index >= 15 is 0 Å². The number of aromatic nitrogens is 1. The number of hydrogen-bond donors (Lipinski definition) is 0. The van der Waals surface area contributed by atoms with Gasteiger partial charge in [0.05, 0.1) is 18.9 Å². The summed E-state index contributed by atoms with van der Waals surface area (Å²) in [4.78, 5) is 16.2. The molecule has 4 nitrogen and oxygen atoms in total. The van der Waals surface area contributed by atoms with Gasteiger partial charge in [-0.05, 0) is 42.5 Å². The van der Waals surface area contributed by atoms with Crippen molar-refractivity contribution < 1.29 is 13.9 Å². The molecule has 0 saturated heterocycles. The summed E-state index contributed by atoms with van der Waals surface area (Å²) >= 11 is 6.17. The normalized spacial score (nSPS) is 11.2. The van der Waals surface area contributed by atoms with Gasteiger partial charge in [0.2, 0.25) is 5.78 Å². The molecule has 110 valence electrons. The minimum atomic E-state index is -0.226. The molecular formula is C17H12ClNO3. The zero-order valence-corrected chi connectivity index (χ0v) is 12.5. The number of allylic oxidation sites excluding steroid dienone is 1. The van der Waals surface area contributed by atoms with Crippen molar-refractivity contribution in [3.63, 3.8) is 0 Å². The van der Waals surface area contributed by atoms with Gasteiger partial charge in [-0.25, -0.2) is 4.98 Å². The standard InChI is InChI=1S/C17H12ClNO3/c1-21-13-6-4-11-9-12(17(18)19-14(11)10-13)5-7-15(20)16-3-2-8-22-16/h2-10H,1H3. The number of ether oxygens (including phenoxy) is 1. The average Bonchev–Trinajstić information content (AvgIpc) is 3.06. The van der Waals surface area contributed by atoms with Gasteiger partial charge in [-0.3, -0.25) is 4.79 Å². The van der Waals surface area contributed by atoms with Gasteiger partial charge in [0.25, 0.3) is 0 Å². The van der Waals surface area contributed by atoms with Crippen molar-refractivity contribution in [2.24, 2.45) is 0 Å². The fraction of sp³-hybridized carbons (Fsp3) is 0.0588. The fourth-order valence-electron chi connectivity index (χ4n) is 2.05. The van der Waals surface area contributed by atoms with Crippen LogP contribution in [-0.4, -0.2) is 17.9 Å². The molecule has 0 aliphatic carbocycles. The smallest absolute Gasteiger partial charge is 0.221 e. The summed E-state index contributed by atoms with van der Waals surface area (Å²) in [5.41, 5.74) is 1.40. The topological polar surface area (TPSA) is 52.3 Å². The highest BCUT2D eigenvalue weighted by molar-refractivity contribution is 6.31. The van der Waals surface area contributed by atoms with Crippen LogP contribution in [0.3, 0.4) is 0 Å². The molecule has 0 N–H and O–H groups in total. The molecule has 0 bridgehead atoms. The molecule has 2 aromatic heterocycles. The number of nitrogens with zero attached hydrogens (tertiary/aromatic N) is 1. The first kappa shape index (κ1) is 14.4. The molecule has 0 spiro atoms. The summed E-state index contributed by atoms with van der Waals surface area (Å²) in [5.74, 6) is 0.772. The number of pyridine rings is 1. The lowest BCUT2D eigenvalue weighted by atomic mass is 10.1. The van der Waals surface area contributed by atoms with Crippen LogP contribution in [0.25, 0.3) is 17.0 Å². The minimum Gasteiger partial charge on any atom is -0.497 e. The Morgan fingerprint density at radius 2 is 2.18 bits per heavy atom. The quantitative estimate of drug-likeness (QED) is 0.407. The number of halogens is 1. The third kappa shape index (κ3) is 2.87. The fourth-order valence-corrected chi connectivity index (χ4v) is 2.26. The van der Waals surface area contributed by atoms with Crippen LogP contribution in [0.5, 0.6) is 5.75 Å². The van der Waals surface area contributed by atoms with E-state index in [2.05, 4.69) is 4.98 Å². The molecule has 3 aromatic rings. The summed E-state index contributed by atoms with van der Waals surface area (Å²) in [6.45, 7) is 0. The van der Waals surface area contributed by atoms with Crippen molar-refractivity contribution in [1.82, 2.24) is 4.98 Å². The molecule has 0 atom stereocenters. The molecular weight excluding hydrogens is 302 g/mol. The summed E-state index contributed by atoms with van der Waals surface area (Å²) in [5, 5.41) is 1.24. The first-order valence-corrected chi connectivity index (χ1v) is 6.95. The molecule has 22 heavy (non-hydrogen) atoms. The molecule has 3 rings (SSSR count). The van der Waals surface area contributed by atoms with E-state index < -0.39 is 0 Å². The maximum Gasteiger partial charge on any atom is 0.221 e. The van der Waals surface area contributed by atoms with E-state index in [-0.39, 0.29) is 11.5 Å². The van der Waals surface area contributed by atoms with Crippen LogP contribution < -0.4 is 4.74 Å². The van der Waals surface area contributed by atoms with Gasteiger partial charge in [-0.1, -0.05) is 11.6 Å². The molecule has 5 heteroatoms. The van der Waals surface area contributed by atoms with Crippen molar-refractivity contribution in [2.75, 3.05) is 7.11 Å². The Morgan fingerprint density at radius 1 is 1.32 bits per heavy atom. The van der Waals surface area contributed by atoms with E-state index in [1.165, 1.54) is 12.3 Å². The number of carbonyl (C=O) groups excluding carboxylic acids is 1. The summed E-state index contributed by atoms with van der Waals surface area (Å²) < 4.78 is 10.2. The molecule has 1 aromatic carbocycles. The second-order valence-electron chi connectivity index (χ2n) is 4.60. The third-order valence-electron chi connectivity index (χ3n) is 3.18. The van der Waals surface area contributed by atoms with Crippen LogP contribution in [-0.2, 0) is 0 Å². The second kappa shape index (κ2) is 6.03. The summed E-state index contributed by atoms with van der Waals surface area (Å²) in [7, 11) is 1.60. The van der Waals surface area contributed by atoms with E-state index in [0.29, 0.717) is 16.5 Å². The summed E-state index contributed by atoms with van der Waals surface area (Å²) in [6, 6.07) is 10.7. The van der Waals surface area contributed by atoms with Gasteiger partial charge in [0.1, 0.15) is 10.9 Å². The maximum absolute atomic E-state index is 11.9. The minimum absolute atomic E-state index is 0.226. The number of benzene rings is 1. The zero-order chi connectivity index (χ0) is 15.5. The van der Waals surface area contributed by atoms with Crippen molar-refractivity contribution in [2.45, 2.75) is 0 Å². The molecule has 0 radical (unpaired) electrons. The number of hydrogen-bond acceptors (Lipinski definition) is 4. The second-order valence-corrected chi connectivity index (χ2v) is 4.96. The van der Waals surface area contributed by atoms with E-state index in [9.17, 15) is 4.79 Å². The number of rotatable bonds is 4. The highest BCUT2D eigenvalue weighted by Crippen LogP contribution is 2.25. The van der Waals surface area contributed by atoms with Crippen LogP contribution in [0.4, 0.5) is 0 Å². The molecule has 2 heterocycles. The van der Waals surface area contributed by atoms with Crippen LogP contribution in [0, 0.1) is 0 Å². The molecule has 0 saturated carbocycles. The predicted octanol–water partition coefficient (Wildman–Crippen LogP) is 4.39.